The topological polar surface area (TPSA) is 123 Å². The molecule has 0 saturated carbocycles. The second kappa shape index (κ2) is 8.19. The van der Waals surface area contributed by atoms with Gasteiger partial charge >= 0.3 is 11.8 Å². The van der Waals surface area contributed by atoms with Gasteiger partial charge in [0.15, 0.2) is 16.9 Å². The number of Topliss-reactive ketones (excluding diaryl/α,β-unsaturated/α-hetero) is 1. The van der Waals surface area contributed by atoms with E-state index in [9.17, 15) is 19.2 Å². The van der Waals surface area contributed by atoms with Crippen molar-refractivity contribution in [3.05, 3.63) is 26.7 Å². The second-order valence-corrected chi connectivity index (χ2v) is 7.14. The number of piperazine rings is 1. The molecule has 0 aromatic carbocycles. The van der Waals surface area contributed by atoms with Gasteiger partial charge in [0, 0.05) is 33.2 Å². The summed E-state index contributed by atoms with van der Waals surface area (Å²) >= 11 is 0. The van der Waals surface area contributed by atoms with Crippen LogP contribution in [0.15, 0.2) is 9.59 Å². The van der Waals surface area contributed by atoms with Crippen LogP contribution in [0.5, 0.6) is 0 Å². The Bertz CT molecular complexity index is 1040. The predicted molar refractivity (Wildman–Crippen MR) is 105 cm³/mol. The molecule has 1 amide bonds. The molecule has 11 nitrogen and oxygen atoms in total. The Morgan fingerprint density at radius 1 is 1.21 bits per heavy atom. The number of nitrogens with one attached hydrogen (secondary N) is 1. The van der Waals surface area contributed by atoms with Gasteiger partial charge in [0.1, 0.15) is 5.82 Å². The van der Waals surface area contributed by atoms with E-state index in [1.54, 1.807) is 23.3 Å². The molecule has 1 fully saturated rings. The van der Waals surface area contributed by atoms with Gasteiger partial charge in [-0.3, -0.25) is 24.0 Å². The molecule has 158 valence electrons. The van der Waals surface area contributed by atoms with E-state index in [4.69, 9.17) is 4.74 Å². The predicted octanol–water partition coefficient (Wildman–Crippen LogP) is -0.153. The number of imidazole rings is 1. The normalized spacial score (nSPS) is 16.2. The number of H-pyrrole nitrogens is 1. The number of hydrogen-bond acceptors (Lipinski definition) is 7. The highest BCUT2D eigenvalue weighted by molar-refractivity contribution is 5.82. The van der Waals surface area contributed by atoms with Crippen LogP contribution in [0, 0.1) is 0 Å². The number of fused-ring (bicyclic) bond motifs is 1. The van der Waals surface area contributed by atoms with Crippen molar-refractivity contribution in [1.82, 2.24) is 28.9 Å². The van der Waals surface area contributed by atoms with Crippen LogP contribution in [-0.2, 0) is 23.1 Å². The van der Waals surface area contributed by atoms with Crippen LogP contribution in [0.25, 0.3) is 11.2 Å². The zero-order chi connectivity index (χ0) is 21.3. The van der Waals surface area contributed by atoms with Crippen LogP contribution in [0.4, 0.5) is 4.79 Å². The smallest absolute Gasteiger partial charge is 0.409 e. The molecule has 0 radical (unpaired) electrons. The first kappa shape index (κ1) is 20.8. The lowest BCUT2D eigenvalue weighted by Gasteiger charge is -2.34. The molecule has 3 rings (SSSR count). The summed E-state index contributed by atoms with van der Waals surface area (Å²) in [6, 6.07) is -0.602. The molecule has 0 bridgehead atoms. The quantitative estimate of drug-likeness (QED) is 0.732. The number of ketones is 1. The van der Waals surface area contributed by atoms with Crippen molar-refractivity contribution in [2.24, 2.45) is 7.05 Å². The van der Waals surface area contributed by atoms with E-state index < -0.39 is 17.3 Å². The minimum Gasteiger partial charge on any atom is -0.450 e. The summed E-state index contributed by atoms with van der Waals surface area (Å²) in [5, 5.41) is 0. The molecule has 1 unspecified atom stereocenters. The molecule has 0 aliphatic carbocycles. The van der Waals surface area contributed by atoms with E-state index in [2.05, 4.69) is 14.9 Å². The van der Waals surface area contributed by atoms with E-state index in [-0.39, 0.29) is 23.0 Å². The first-order valence-electron chi connectivity index (χ1n) is 9.59. The third-order valence-electron chi connectivity index (χ3n) is 5.26. The van der Waals surface area contributed by atoms with Crippen molar-refractivity contribution < 1.29 is 14.3 Å². The third-order valence-corrected chi connectivity index (χ3v) is 5.26. The summed E-state index contributed by atoms with van der Waals surface area (Å²) in [7, 11) is 1.53. The van der Waals surface area contributed by atoms with Crippen LogP contribution in [-0.4, -0.2) is 73.6 Å². The lowest BCUT2D eigenvalue weighted by molar-refractivity contribution is -0.119. The number of aromatic nitrogens is 4. The van der Waals surface area contributed by atoms with E-state index in [1.165, 1.54) is 18.5 Å². The summed E-state index contributed by atoms with van der Waals surface area (Å²) in [6.07, 6.45) is -0.328. The number of carbonyl (C=O) groups excluding carboxylic acids is 2. The van der Waals surface area contributed by atoms with Gasteiger partial charge in [0.2, 0.25) is 0 Å². The standard InChI is InChI=1S/C18H26N6O5/c1-5-29-18(28)23-8-6-22(7-9-23)10-13-19-15-14(24(13)11(2)12(3)25)16(26)20-17(27)21(15)4/h11H,5-10H2,1-4H3,(H,20,26,27). The largest absolute Gasteiger partial charge is 0.450 e. The maximum atomic E-state index is 12.5. The molecule has 0 spiro atoms. The number of hydrogen-bond donors (Lipinski definition) is 1. The molecule has 1 N–H and O–H groups in total. The molecule has 11 heteroatoms. The summed E-state index contributed by atoms with van der Waals surface area (Å²) in [5.41, 5.74) is -0.679. The Morgan fingerprint density at radius 2 is 1.86 bits per heavy atom. The first-order chi connectivity index (χ1) is 13.7. The monoisotopic (exact) mass is 406 g/mol. The molecular formula is C18H26N6O5. The van der Waals surface area contributed by atoms with Crippen LogP contribution >= 0.6 is 0 Å². The summed E-state index contributed by atoms with van der Waals surface area (Å²) in [5.74, 6) is 0.407. The number of aromatic amines is 1. The van der Waals surface area contributed by atoms with Crippen molar-refractivity contribution in [2.45, 2.75) is 33.4 Å². The highest BCUT2D eigenvalue weighted by Gasteiger charge is 2.27. The van der Waals surface area contributed by atoms with E-state index in [1.807, 2.05) is 0 Å². The van der Waals surface area contributed by atoms with E-state index in [0.717, 1.165) is 0 Å². The summed E-state index contributed by atoms with van der Waals surface area (Å²) < 4.78 is 7.90. The molecule has 1 saturated heterocycles. The first-order valence-corrected chi connectivity index (χ1v) is 9.59. The van der Waals surface area contributed by atoms with Gasteiger partial charge in [0.05, 0.1) is 19.2 Å². The Morgan fingerprint density at radius 3 is 2.45 bits per heavy atom. The van der Waals surface area contributed by atoms with E-state index >= 15 is 0 Å². The number of rotatable bonds is 5. The molecule has 29 heavy (non-hydrogen) atoms. The van der Waals surface area contributed by atoms with Gasteiger partial charge in [0.25, 0.3) is 5.56 Å². The Balaban J connectivity index is 1.93. The van der Waals surface area contributed by atoms with Gasteiger partial charge in [-0.1, -0.05) is 0 Å². The molecule has 1 atom stereocenters. The number of ether oxygens (including phenoxy) is 1. The number of nitrogens with zero attached hydrogens (tertiary/aromatic N) is 5. The number of aryl methyl sites for hydroxylation is 1. The van der Waals surface area contributed by atoms with Crippen LogP contribution in [0.2, 0.25) is 0 Å². The van der Waals surface area contributed by atoms with Crippen molar-refractivity contribution in [1.29, 1.82) is 0 Å². The maximum Gasteiger partial charge on any atom is 0.409 e. The second-order valence-electron chi connectivity index (χ2n) is 7.14. The summed E-state index contributed by atoms with van der Waals surface area (Å²) in [6.45, 7) is 7.88. The van der Waals surface area contributed by atoms with Gasteiger partial charge in [-0.05, 0) is 20.8 Å². The van der Waals surface area contributed by atoms with Crippen LogP contribution in [0.3, 0.4) is 0 Å². The average molecular weight is 406 g/mol. The lowest BCUT2D eigenvalue weighted by atomic mass is 10.2. The highest BCUT2D eigenvalue weighted by Crippen LogP contribution is 2.20. The molecule has 1 aliphatic heterocycles. The van der Waals surface area contributed by atoms with Crippen molar-refractivity contribution >= 4 is 23.0 Å². The minimum atomic E-state index is -0.602. The third kappa shape index (κ3) is 3.95. The van der Waals surface area contributed by atoms with E-state index in [0.29, 0.717) is 45.2 Å². The van der Waals surface area contributed by atoms with Crippen molar-refractivity contribution in [2.75, 3.05) is 32.8 Å². The minimum absolute atomic E-state index is 0.120. The molecule has 2 aromatic heterocycles. The van der Waals surface area contributed by atoms with Gasteiger partial charge in [-0.25, -0.2) is 14.6 Å². The van der Waals surface area contributed by atoms with Crippen LogP contribution < -0.4 is 11.2 Å². The number of amides is 1. The lowest BCUT2D eigenvalue weighted by Crippen LogP contribution is -2.48. The van der Waals surface area contributed by atoms with Gasteiger partial charge in [-0.2, -0.15) is 0 Å². The van der Waals surface area contributed by atoms with Crippen molar-refractivity contribution in [3.8, 4) is 0 Å². The Kier molecular flexibility index (Phi) is 5.87. The zero-order valence-corrected chi connectivity index (χ0v) is 17.1. The Labute approximate surface area is 166 Å². The fourth-order valence-electron chi connectivity index (χ4n) is 3.46. The average Bonchev–Trinajstić information content (AvgIpc) is 3.06. The molecule has 3 heterocycles. The Hall–Kier alpha value is -2.95. The zero-order valence-electron chi connectivity index (χ0n) is 17.1. The van der Waals surface area contributed by atoms with Gasteiger partial charge < -0.3 is 14.2 Å². The molecule has 2 aromatic rings. The summed E-state index contributed by atoms with van der Waals surface area (Å²) in [4.78, 5) is 58.9. The fraction of sp³-hybridized carbons (Fsp3) is 0.611. The molecule has 1 aliphatic rings. The highest BCUT2D eigenvalue weighted by atomic mass is 16.6. The van der Waals surface area contributed by atoms with Crippen molar-refractivity contribution in [3.63, 3.8) is 0 Å². The number of carbonyl (C=O) groups is 2. The van der Waals surface area contributed by atoms with Gasteiger partial charge in [-0.15, -0.1) is 0 Å². The molecular weight excluding hydrogens is 380 g/mol. The maximum absolute atomic E-state index is 12.5. The van der Waals surface area contributed by atoms with Crippen LogP contribution in [0.1, 0.15) is 32.6 Å². The SMILES string of the molecule is CCOC(=O)N1CCN(Cc2nc3c(c(=O)[nH]c(=O)n3C)n2C(C)C(C)=O)CC1. The fourth-order valence-corrected chi connectivity index (χ4v) is 3.46.